The lowest BCUT2D eigenvalue weighted by Crippen LogP contribution is -2.38. The molecule has 0 bridgehead atoms. The van der Waals surface area contributed by atoms with Crippen molar-refractivity contribution in [2.24, 2.45) is 11.3 Å². The van der Waals surface area contributed by atoms with Crippen LogP contribution in [0.25, 0.3) is 0 Å². The molecule has 0 radical (unpaired) electrons. The summed E-state index contributed by atoms with van der Waals surface area (Å²) in [4.78, 5) is 22.7. The van der Waals surface area contributed by atoms with Crippen molar-refractivity contribution >= 4 is 11.7 Å². The average Bonchev–Trinajstić information content (AvgIpc) is 3.02. The molecule has 1 fully saturated rings. The number of aromatic nitrogens is 2. The molecule has 6 heteroatoms. The van der Waals surface area contributed by atoms with Crippen molar-refractivity contribution in [2.45, 2.75) is 92.5 Å². The Morgan fingerprint density at radius 1 is 1.28 bits per heavy atom. The molecule has 2 heterocycles. The van der Waals surface area contributed by atoms with Gasteiger partial charge >= 0.3 is 5.97 Å². The summed E-state index contributed by atoms with van der Waals surface area (Å²) in [5.74, 6) is 1.92. The molecule has 0 spiro atoms. The molecule has 0 aromatic carbocycles. The van der Waals surface area contributed by atoms with Crippen LogP contribution < -0.4 is 0 Å². The first-order valence-corrected chi connectivity index (χ1v) is 11.2. The molecule has 164 valence electrons. The Kier molecular flexibility index (Phi) is 8.44. The van der Waals surface area contributed by atoms with Gasteiger partial charge < -0.3 is 14.8 Å². The fourth-order valence-corrected chi connectivity index (χ4v) is 3.65. The number of hydrogen-bond donors (Lipinski definition) is 1. The van der Waals surface area contributed by atoms with Gasteiger partial charge in [0.15, 0.2) is 0 Å². The maximum absolute atomic E-state index is 12.1. The lowest BCUT2D eigenvalue weighted by Gasteiger charge is -2.32. The van der Waals surface area contributed by atoms with Crippen LogP contribution in [0.1, 0.15) is 91.1 Å². The minimum absolute atomic E-state index is 0.175. The maximum atomic E-state index is 12.1. The van der Waals surface area contributed by atoms with E-state index in [-0.39, 0.29) is 5.97 Å². The molecular formula is C23H40N4O2. The molecular weight excluding hydrogens is 364 g/mol. The van der Waals surface area contributed by atoms with Crippen LogP contribution in [0.3, 0.4) is 0 Å². The first-order valence-electron chi connectivity index (χ1n) is 11.2. The molecule has 1 N–H and O–H groups in total. The van der Waals surface area contributed by atoms with E-state index in [1.165, 1.54) is 0 Å². The number of imidazole rings is 1. The van der Waals surface area contributed by atoms with Gasteiger partial charge in [0.1, 0.15) is 5.82 Å². The fourth-order valence-electron chi connectivity index (χ4n) is 3.65. The van der Waals surface area contributed by atoms with E-state index in [0.29, 0.717) is 11.8 Å². The van der Waals surface area contributed by atoms with E-state index < -0.39 is 5.41 Å². The van der Waals surface area contributed by atoms with Gasteiger partial charge in [-0.2, -0.15) is 0 Å². The Morgan fingerprint density at radius 3 is 2.48 bits per heavy atom. The predicted molar refractivity (Wildman–Crippen MR) is 117 cm³/mol. The fraction of sp³-hybridized carbons (Fsp3) is 0.783. The van der Waals surface area contributed by atoms with Crippen molar-refractivity contribution in [1.82, 2.24) is 14.6 Å². The minimum Gasteiger partial charge on any atom is -0.367 e. The average molecular weight is 405 g/mol. The first kappa shape index (κ1) is 23.6. The zero-order valence-electron chi connectivity index (χ0n) is 19.3. The highest BCUT2D eigenvalue weighted by molar-refractivity contribution is 5.81. The standard InChI is InChI=1S/C23H40N4O2/c1-7-8-19(24)11-12-26-16-20(15-17(2)3)25-21(26)18-9-13-27(14-10-18)29-22(28)23(4,5)6/h16-18,24H,7-15H2,1-6H3. The molecule has 2 rings (SSSR count). The van der Waals surface area contributed by atoms with Crippen LogP contribution in [0.5, 0.6) is 0 Å². The van der Waals surface area contributed by atoms with Crippen LogP contribution in [0.4, 0.5) is 0 Å². The molecule has 1 aliphatic heterocycles. The van der Waals surface area contributed by atoms with E-state index in [2.05, 4.69) is 31.5 Å². The molecule has 1 aromatic heterocycles. The second kappa shape index (κ2) is 10.4. The number of piperidine rings is 1. The highest BCUT2D eigenvalue weighted by Gasteiger charge is 2.30. The summed E-state index contributed by atoms with van der Waals surface area (Å²) in [7, 11) is 0. The third-order valence-electron chi connectivity index (χ3n) is 5.32. The van der Waals surface area contributed by atoms with Gasteiger partial charge in [-0.05, 0) is 52.4 Å². The van der Waals surface area contributed by atoms with E-state index in [1.807, 2.05) is 25.8 Å². The molecule has 29 heavy (non-hydrogen) atoms. The van der Waals surface area contributed by atoms with Gasteiger partial charge in [-0.15, -0.1) is 5.06 Å². The van der Waals surface area contributed by atoms with Crippen molar-refractivity contribution < 1.29 is 9.63 Å². The normalized spacial score (nSPS) is 16.4. The summed E-state index contributed by atoms with van der Waals surface area (Å²) in [5.41, 5.74) is 1.49. The van der Waals surface area contributed by atoms with Gasteiger partial charge in [0.2, 0.25) is 0 Å². The van der Waals surface area contributed by atoms with E-state index >= 15 is 0 Å². The number of nitrogens with one attached hydrogen (secondary N) is 1. The predicted octanol–water partition coefficient (Wildman–Crippen LogP) is 4.98. The van der Waals surface area contributed by atoms with Crippen LogP contribution in [-0.4, -0.2) is 39.4 Å². The Labute approximate surface area is 176 Å². The summed E-state index contributed by atoms with van der Waals surface area (Å²) in [6.45, 7) is 14.5. The number of carbonyl (C=O) groups is 1. The highest BCUT2D eigenvalue weighted by atomic mass is 16.7. The highest BCUT2D eigenvalue weighted by Crippen LogP contribution is 2.29. The second-order valence-corrected chi connectivity index (χ2v) is 9.82. The van der Waals surface area contributed by atoms with Crippen molar-refractivity contribution in [3.63, 3.8) is 0 Å². The quantitative estimate of drug-likeness (QED) is 0.590. The smallest absolute Gasteiger partial charge is 0.330 e. The zero-order chi connectivity index (χ0) is 21.6. The zero-order valence-corrected chi connectivity index (χ0v) is 19.3. The monoisotopic (exact) mass is 404 g/mol. The molecule has 0 amide bonds. The molecule has 0 saturated carbocycles. The van der Waals surface area contributed by atoms with Crippen molar-refractivity contribution in [3.05, 3.63) is 17.7 Å². The van der Waals surface area contributed by atoms with Gasteiger partial charge in [0, 0.05) is 43.9 Å². The molecule has 1 saturated heterocycles. The summed E-state index contributed by atoms with van der Waals surface area (Å²) in [6, 6.07) is 0. The van der Waals surface area contributed by atoms with Crippen LogP contribution >= 0.6 is 0 Å². The van der Waals surface area contributed by atoms with E-state index in [9.17, 15) is 4.79 Å². The van der Waals surface area contributed by atoms with Crippen LogP contribution in [0, 0.1) is 16.7 Å². The molecule has 1 aliphatic rings. The van der Waals surface area contributed by atoms with Gasteiger partial charge in [-0.3, -0.25) is 0 Å². The Balaban J connectivity index is 2.03. The molecule has 0 atom stereocenters. The lowest BCUT2D eigenvalue weighted by atomic mass is 9.96. The molecule has 6 nitrogen and oxygen atoms in total. The third-order valence-corrected chi connectivity index (χ3v) is 5.32. The number of nitrogens with zero attached hydrogens (tertiary/aromatic N) is 3. The van der Waals surface area contributed by atoms with Crippen LogP contribution in [-0.2, 0) is 22.6 Å². The van der Waals surface area contributed by atoms with Gasteiger partial charge in [0.25, 0.3) is 0 Å². The second-order valence-electron chi connectivity index (χ2n) is 9.82. The Hall–Kier alpha value is -1.69. The summed E-state index contributed by atoms with van der Waals surface area (Å²) < 4.78 is 2.28. The number of rotatable bonds is 9. The summed E-state index contributed by atoms with van der Waals surface area (Å²) in [6.07, 6.45) is 7.74. The molecule has 0 aliphatic carbocycles. The van der Waals surface area contributed by atoms with E-state index in [1.54, 1.807) is 0 Å². The van der Waals surface area contributed by atoms with Gasteiger partial charge in [-0.1, -0.05) is 27.2 Å². The summed E-state index contributed by atoms with van der Waals surface area (Å²) in [5, 5.41) is 9.93. The van der Waals surface area contributed by atoms with E-state index in [4.69, 9.17) is 15.2 Å². The largest absolute Gasteiger partial charge is 0.367 e. The van der Waals surface area contributed by atoms with E-state index in [0.717, 1.165) is 75.4 Å². The SMILES string of the molecule is CCCC(=N)CCn1cc(CC(C)C)nc1C1CCN(OC(=O)C(C)(C)C)CC1. The maximum Gasteiger partial charge on any atom is 0.330 e. The Bertz CT molecular complexity index is 680. The van der Waals surface area contributed by atoms with Crippen molar-refractivity contribution in [1.29, 1.82) is 5.41 Å². The lowest BCUT2D eigenvalue weighted by molar-refractivity contribution is -0.204. The third kappa shape index (κ3) is 7.25. The summed E-state index contributed by atoms with van der Waals surface area (Å²) >= 11 is 0. The van der Waals surface area contributed by atoms with Crippen LogP contribution in [0.15, 0.2) is 6.20 Å². The number of carbonyl (C=O) groups excluding carboxylic acids is 1. The van der Waals surface area contributed by atoms with Gasteiger partial charge in [0.05, 0.1) is 11.1 Å². The molecule has 0 unspecified atom stereocenters. The van der Waals surface area contributed by atoms with Crippen molar-refractivity contribution in [2.75, 3.05) is 13.1 Å². The number of hydrogen-bond acceptors (Lipinski definition) is 5. The van der Waals surface area contributed by atoms with Gasteiger partial charge in [-0.25, -0.2) is 9.78 Å². The van der Waals surface area contributed by atoms with Crippen molar-refractivity contribution in [3.8, 4) is 0 Å². The first-order chi connectivity index (χ1) is 13.6. The number of hydroxylamine groups is 2. The Morgan fingerprint density at radius 2 is 1.93 bits per heavy atom. The topological polar surface area (TPSA) is 71.2 Å². The molecule has 1 aromatic rings. The minimum atomic E-state index is -0.484. The van der Waals surface area contributed by atoms with Crippen LogP contribution in [0.2, 0.25) is 0 Å². The number of aryl methyl sites for hydroxylation is 1.